The zero-order valence-electron chi connectivity index (χ0n) is 13.1. The average molecular weight is 278 g/mol. The normalized spacial score (nSPS) is 12.8. The standard InChI is InChI=1S/C16H26N2O2/c1-6-16(3,4)18-15(19)12(2)17-11-13-9-7-8-10-14(13)20-5/h7-10,12,17H,6,11H2,1-5H3,(H,18,19). The first kappa shape index (κ1) is 16.5. The molecule has 112 valence electrons. The fraction of sp³-hybridized carbons (Fsp3) is 0.562. The van der Waals surface area contributed by atoms with Crippen molar-refractivity contribution in [1.82, 2.24) is 10.6 Å². The molecule has 0 aromatic heterocycles. The molecule has 20 heavy (non-hydrogen) atoms. The summed E-state index contributed by atoms with van der Waals surface area (Å²) in [5, 5.41) is 6.27. The Kier molecular flexibility index (Phi) is 6.02. The Hall–Kier alpha value is -1.55. The van der Waals surface area contributed by atoms with Gasteiger partial charge in [0.25, 0.3) is 0 Å². The third-order valence-corrected chi connectivity index (χ3v) is 3.53. The molecule has 0 saturated heterocycles. The minimum atomic E-state index is -0.245. The maximum Gasteiger partial charge on any atom is 0.237 e. The molecular weight excluding hydrogens is 252 g/mol. The minimum absolute atomic E-state index is 0.0201. The van der Waals surface area contributed by atoms with E-state index in [0.717, 1.165) is 17.7 Å². The highest BCUT2D eigenvalue weighted by atomic mass is 16.5. The van der Waals surface area contributed by atoms with Gasteiger partial charge in [-0.25, -0.2) is 0 Å². The maximum absolute atomic E-state index is 12.1. The molecule has 0 bridgehead atoms. The van der Waals surface area contributed by atoms with E-state index in [2.05, 4.69) is 17.6 Å². The Morgan fingerprint density at radius 3 is 2.60 bits per heavy atom. The number of benzene rings is 1. The summed E-state index contributed by atoms with van der Waals surface area (Å²) in [5.74, 6) is 0.855. The minimum Gasteiger partial charge on any atom is -0.496 e. The van der Waals surface area contributed by atoms with Crippen LogP contribution in [0.25, 0.3) is 0 Å². The monoisotopic (exact) mass is 278 g/mol. The van der Waals surface area contributed by atoms with Crippen LogP contribution in [0.2, 0.25) is 0 Å². The van der Waals surface area contributed by atoms with Crippen molar-refractivity contribution in [3.63, 3.8) is 0 Å². The fourth-order valence-electron chi connectivity index (χ4n) is 1.73. The number of carbonyl (C=O) groups excluding carboxylic acids is 1. The molecule has 1 amide bonds. The van der Waals surface area contributed by atoms with Crippen LogP contribution in [0.4, 0.5) is 0 Å². The molecule has 1 aromatic rings. The maximum atomic E-state index is 12.1. The van der Waals surface area contributed by atoms with Gasteiger partial charge in [0, 0.05) is 17.6 Å². The summed E-state index contributed by atoms with van der Waals surface area (Å²) in [6.45, 7) is 8.59. The molecule has 0 spiro atoms. The number of amides is 1. The van der Waals surface area contributed by atoms with Crippen LogP contribution >= 0.6 is 0 Å². The number of hydrogen-bond acceptors (Lipinski definition) is 3. The number of nitrogens with one attached hydrogen (secondary N) is 2. The van der Waals surface area contributed by atoms with E-state index in [1.807, 2.05) is 45.0 Å². The van der Waals surface area contributed by atoms with E-state index in [0.29, 0.717) is 6.54 Å². The second-order valence-electron chi connectivity index (χ2n) is 5.64. The largest absolute Gasteiger partial charge is 0.496 e. The summed E-state index contributed by atoms with van der Waals surface area (Å²) >= 11 is 0. The van der Waals surface area contributed by atoms with Gasteiger partial charge in [-0.15, -0.1) is 0 Å². The molecule has 0 saturated carbocycles. The summed E-state index contributed by atoms with van der Waals surface area (Å²) in [4.78, 5) is 12.1. The lowest BCUT2D eigenvalue weighted by Crippen LogP contribution is -2.50. The van der Waals surface area contributed by atoms with Crippen molar-refractivity contribution >= 4 is 5.91 Å². The topological polar surface area (TPSA) is 50.4 Å². The molecule has 2 N–H and O–H groups in total. The molecule has 1 atom stereocenters. The first-order valence-electron chi connectivity index (χ1n) is 7.07. The highest BCUT2D eigenvalue weighted by Gasteiger charge is 2.21. The molecule has 0 radical (unpaired) electrons. The van der Waals surface area contributed by atoms with Gasteiger partial charge in [0.2, 0.25) is 5.91 Å². The number of methoxy groups -OCH3 is 1. The van der Waals surface area contributed by atoms with Crippen molar-refractivity contribution in [1.29, 1.82) is 0 Å². The van der Waals surface area contributed by atoms with Crippen LogP contribution in [-0.2, 0) is 11.3 Å². The molecule has 1 rings (SSSR count). The van der Waals surface area contributed by atoms with Crippen LogP contribution in [0, 0.1) is 0 Å². The first-order valence-corrected chi connectivity index (χ1v) is 7.07. The summed E-state index contributed by atoms with van der Waals surface area (Å²) in [5.41, 5.74) is 0.877. The Balaban J connectivity index is 2.54. The number of carbonyl (C=O) groups is 1. The van der Waals surface area contributed by atoms with E-state index in [-0.39, 0.29) is 17.5 Å². The van der Waals surface area contributed by atoms with E-state index >= 15 is 0 Å². The highest BCUT2D eigenvalue weighted by molar-refractivity contribution is 5.81. The van der Waals surface area contributed by atoms with Gasteiger partial charge in [0.1, 0.15) is 5.75 Å². The number of rotatable bonds is 7. The van der Waals surface area contributed by atoms with Gasteiger partial charge in [-0.05, 0) is 33.3 Å². The molecular formula is C16H26N2O2. The smallest absolute Gasteiger partial charge is 0.237 e. The molecule has 1 unspecified atom stereocenters. The summed E-state index contributed by atoms with van der Waals surface area (Å²) in [7, 11) is 1.65. The number of para-hydroxylation sites is 1. The Morgan fingerprint density at radius 2 is 2.00 bits per heavy atom. The van der Waals surface area contributed by atoms with Crippen LogP contribution in [0.15, 0.2) is 24.3 Å². The first-order chi connectivity index (χ1) is 9.39. The zero-order valence-corrected chi connectivity index (χ0v) is 13.1. The second kappa shape index (κ2) is 7.29. The van der Waals surface area contributed by atoms with Gasteiger partial charge in [-0.3, -0.25) is 4.79 Å². The molecule has 0 aliphatic heterocycles. The van der Waals surface area contributed by atoms with E-state index < -0.39 is 0 Å². The van der Waals surface area contributed by atoms with Crippen LogP contribution in [0.1, 0.15) is 39.7 Å². The molecule has 1 aromatic carbocycles. The predicted octanol–water partition coefficient (Wildman–Crippen LogP) is 2.48. The quantitative estimate of drug-likeness (QED) is 0.805. The SMILES string of the molecule is CCC(C)(C)NC(=O)C(C)NCc1ccccc1OC. The van der Waals surface area contributed by atoms with Crippen molar-refractivity contribution in [2.24, 2.45) is 0 Å². The van der Waals surface area contributed by atoms with Gasteiger partial charge in [-0.2, -0.15) is 0 Å². The third-order valence-electron chi connectivity index (χ3n) is 3.53. The van der Waals surface area contributed by atoms with Crippen LogP contribution in [0.5, 0.6) is 5.75 Å². The average Bonchev–Trinajstić information content (AvgIpc) is 2.44. The predicted molar refractivity (Wildman–Crippen MR) is 81.8 cm³/mol. The molecule has 0 fully saturated rings. The van der Waals surface area contributed by atoms with Crippen molar-refractivity contribution in [2.45, 2.75) is 52.2 Å². The Morgan fingerprint density at radius 1 is 1.35 bits per heavy atom. The molecule has 4 nitrogen and oxygen atoms in total. The number of hydrogen-bond donors (Lipinski definition) is 2. The second-order valence-corrected chi connectivity index (χ2v) is 5.64. The lowest BCUT2D eigenvalue weighted by atomic mass is 10.0. The molecule has 0 aliphatic carbocycles. The highest BCUT2D eigenvalue weighted by Crippen LogP contribution is 2.17. The Bertz CT molecular complexity index is 444. The van der Waals surface area contributed by atoms with Gasteiger partial charge in [0.15, 0.2) is 0 Å². The lowest BCUT2D eigenvalue weighted by molar-refractivity contribution is -0.124. The van der Waals surface area contributed by atoms with Crippen molar-refractivity contribution in [2.75, 3.05) is 7.11 Å². The van der Waals surface area contributed by atoms with Crippen molar-refractivity contribution < 1.29 is 9.53 Å². The fourth-order valence-corrected chi connectivity index (χ4v) is 1.73. The summed E-state index contributed by atoms with van der Waals surface area (Å²) in [6, 6.07) is 7.56. The third kappa shape index (κ3) is 4.85. The summed E-state index contributed by atoms with van der Waals surface area (Å²) in [6.07, 6.45) is 0.901. The molecule has 4 heteroatoms. The summed E-state index contributed by atoms with van der Waals surface area (Å²) < 4.78 is 5.30. The zero-order chi connectivity index (χ0) is 15.2. The van der Waals surface area contributed by atoms with Crippen molar-refractivity contribution in [3.8, 4) is 5.75 Å². The van der Waals surface area contributed by atoms with Gasteiger partial charge >= 0.3 is 0 Å². The lowest BCUT2D eigenvalue weighted by Gasteiger charge is -2.26. The number of ether oxygens (including phenoxy) is 1. The van der Waals surface area contributed by atoms with E-state index in [1.165, 1.54) is 0 Å². The molecule has 0 aliphatic rings. The van der Waals surface area contributed by atoms with Gasteiger partial charge < -0.3 is 15.4 Å². The Labute approximate surface area is 121 Å². The van der Waals surface area contributed by atoms with E-state index in [1.54, 1.807) is 7.11 Å². The van der Waals surface area contributed by atoms with Crippen LogP contribution < -0.4 is 15.4 Å². The van der Waals surface area contributed by atoms with Gasteiger partial charge in [-0.1, -0.05) is 25.1 Å². The van der Waals surface area contributed by atoms with Crippen LogP contribution in [0.3, 0.4) is 0 Å². The van der Waals surface area contributed by atoms with Gasteiger partial charge in [0.05, 0.1) is 13.2 Å². The van der Waals surface area contributed by atoms with Crippen LogP contribution in [-0.4, -0.2) is 24.6 Å². The van der Waals surface area contributed by atoms with E-state index in [9.17, 15) is 4.79 Å². The van der Waals surface area contributed by atoms with Crippen molar-refractivity contribution in [3.05, 3.63) is 29.8 Å². The van der Waals surface area contributed by atoms with E-state index in [4.69, 9.17) is 4.74 Å². The molecule has 0 heterocycles.